The molecule has 0 aliphatic heterocycles. The molecule has 5 nitrogen and oxygen atoms in total. The summed E-state index contributed by atoms with van der Waals surface area (Å²) in [7, 11) is 0. The van der Waals surface area contributed by atoms with Gasteiger partial charge in [-0.1, -0.05) is 11.6 Å². The van der Waals surface area contributed by atoms with E-state index in [-0.39, 0.29) is 6.42 Å². The predicted molar refractivity (Wildman–Crippen MR) is 70.4 cm³/mol. The van der Waals surface area contributed by atoms with Crippen LogP contribution in [0.4, 0.5) is 0 Å². The molecule has 0 aliphatic rings. The topological polar surface area (TPSA) is 96.0 Å². The smallest absolute Gasteiger partial charge is 0.0644 e. The van der Waals surface area contributed by atoms with Gasteiger partial charge in [0.15, 0.2) is 0 Å². The minimum atomic E-state index is -1.12. The van der Waals surface area contributed by atoms with Crippen LogP contribution in [0.15, 0.2) is 22.8 Å². The molecule has 0 unspecified atom stereocenters. The monoisotopic (exact) mass is 345 g/mol. The molecule has 0 saturated carbocycles. The van der Waals surface area contributed by atoms with Crippen molar-refractivity contribution < 1.29 is 19.8 Å². The average molecular weight is 347 g/mol. The third-order valence-electron chi connectivity index (χ3n) is 2.15. The van der Waals surface area contributed by atoms with Crippen molar-refractivity contribution in [1.82, 2.24) is 4.98 Å². The summed E-state index contributed by atoms with van der Waals surface area (Å²) in [5.74, 6) is -2.20. The van der Waals surface area contributed by atoms with Crippen LogP contribution in [-0.4, -0.2) is 16.9 Å². The first-order chi connectivity index (χ1) is 8.82. The molecule has 7 heteroatoms. The van der Waals surface area contributed by atoms with Crippen LogP contribution >= 0.6 is 27.5 Å². The van der Waals surface area contributed by atoms with Crippen LogP contribution < -0.4 is 10.2 Å². The fourth-order valence-corrected chi connectivity index (χ4v) is 2.13. The molecule has 0 radical (unpaired) electrons. The Labute approximate surface area is 122 Å². The number of H-pyrrole nitrogens is 1. The number of aliphatic carboxylic acids is 2. The summed E-state index contributed by atoms with van der Waals surface area (Å²) in [4.78, 5) is 22.4. The van der Waals surface area contributed by atoms with Crippen LogP contribution in [0, 0.1) is 0 Å². The Morgan fingerprint density at radius 1 is 1.37 bits per heavy atom. The Morgan fingerprint density at radius 3 is 2.47 bits per heavy atom. The summed E-state index contributed by atoms with van der Waals surface area (Å²) in [5.41, 5.74) is 1.45. The summed E-state index contributed by atoms with van der Waals surface area (Å²) in [5, 5.41) is 20.7. The molecule has 19 heavy (non-hydrogen) atoms. The van der Waals surface area contributed by atoms with Crippen molar-refractivity contribution in [2.45, 2.75) is 13.3 Å². The first-order valence-electron chi connectivity index (χ1n) is 5.14. The number of rotatable bonds is 2. The maximum atomic E-state index is 10.5. The highest BCUT2D eigenvalue weighted by Crippen LogP contribution is 2.33. The molecule has 2 aromatic rings. The number of carbonyl (C=O) groups excluding carboxylic acids is 2. The van der Waals surface area contributed by atoms with Gasteiger partial charge >= 0.3 is 0 Å². The van der Waals surface area contributed by atoms with Gasteiger partial charge in [0.2, 0.25) is 0 Å². The number of carboxylic acids is 2. The molecule has 0 fully saturated rings. The minimum absolute atomic E-state index is 0.143. The van der Waals surface area contributed by atoms with Crippen LogP contribution in [-0.2, 0) is 16.0 Å². The number of hydrogen-bond acceptors (Lipinski definition) is 4. The van der Waals surface area contributed by atoms with Crippen LogP contribution in [0.5, 0.6) is 0 Å². The van der Waals surface area contributed by atoms with Gasteiger partial charge in [0, 0.05) is 39.9 Å². The molecule has 1 aromatic carbocycles. The molecule has 0 bridgehead atoms. The summed E-state index contributed by atoms with van der Waals surface area (Å²) in [6.07, 6.45) is 1.49. The van der Waals surface area contributed by atoms with Gasteiger partial charge in [0.05, 0.1) is 5.02 Å². The van der Waals surface area contributed by atoms with Crippen molar-refractivity contribution in [3.05, 3.63) is 33.4 Å². The van der Waals surface area contributed by atoms with E-state index in [0.29, 0.717) is 10.6 Å². The molecule has 0 amide bonds. The predicted octanol–water partition coefficient (Wildman–Crippen LogP) is 0.632. The van der Waals surface area contributed by atoms with Gasteiger partial charge in [-0.2, -0.15) is 0 Å². The van der Waals surface area contributed by atoms with Gasteiger partial charge in [0.25, 0.3) is 0 Å². The summed E-state index contributed by atoms with van der Waals surface area (Å²) >= 11 is 9.37. The number of benzene rings is 1. The second kappa shape index (κ2) is 6.58. The number of carboxylic acid groups (broad SMARTS) is 2. The van der Waals surface area contributed by atoms with E-state index in [9.17, 15) is 9.90 Å². The molecule has 0 atom stereocenters. The van der Waals surface area contributed by atoms with Crippen molar-refractivity contribution in [2.24, 2.45) is 0 Å². The Bertz CT molecular complexity index is 619. The lowest BCUT2D eigenvalue weighted by molar-refractivity contribution is -0.305. The third kappa shape index (κ3) is 4.25. The zero-order valence-electron chi connectivity index (χ0n) is 9.83. The highest BCUT2D eigenvalue weighted by atomic mass is 79.9. The van der Waals surface area contributed by atoms with E-state index in [1.165, 1.54) is 0 Å². The molecular weight excluding hydrogens is 337 g/mol. The second-order valence-electron chi connectivity index (χ2n) is 3.64. The minimum Gasteiger partial charge on any atom is -0.550 e. The van der Waals surface area contributed by atoms with Gasteiger partial charge in [-0.05, 0) is 40.5 Å². The van der Waals surface area contributed by atoms with Gasteiger partial charge in [-0.3, -0.25) is 0 Å². The van der Waals surface area contributed by atoms with E-state index in [1.807, 2.05) is 12.1 Å². The lowest BCUT2D eigenvalue weighted by Gasteiger charge is -2.03. The lowest BCUT2D eigenvalue weighted by atomic mass is 10.1. The molecule has 102 valence electrons. The maximum Gasteiger partial charge on any atom is 0.0644 e. The van der Waals surface area contributed by atoms with Crippen molar-refractivity contribution in [1.29, 1.82) is 0 Å². The Kier molecular flexibility index (Phi) is 5.38. The number of nitrogens with one attached hydrogen (secondary N) is 1. The Hall–Kier alpha value is -1.53. The second-order valence-corrected chi connectivity index (χ2v) is 4.87. The summed E-state index contributed by atoms with van der Waals surface area (Å²) < 4.78 is 0.746. The maximum absolute atomic E-state index is 10.5. The normalized spacial score (nSPS) is 9.84. The molecule has 1 aromatic heterocycles. The van der Waals surface area contributed by atoms with E-state index in [0.717, 1.165) is 22.3 Å². The number of aromatic amines is 1. The van der Waals surface area contributed by atoms with E-state index < -0.39 is 11.9 Å². The quantitative estimate of drug-likeness (QED) is 0.862. The molecular formula is C12H9BrClNO4-2. The van der Waals surface area contributed by atoms with Crippen molar-refractivity contribution >= 4 is 50.4 Å². The van der Waals surface area contributed by atoms with Crippen molar-refractivity contribution in [2.75, 3.05) is 0 Å². The van der Waals surface area contributed by atoms with Crippen LogP contribution in [0.1, 0.15) is 12.5 Å². The van der Waals surface area contributed by atoms with Gasteiger partial charge < -0.3 is 24.8 Å². The zero-order valence-corrected chi connectivity index (χ0v) is 12.2. The van der Waals surface area contributed by atoms with Gasteiger partial charge in [-0.25, -0.2) is 0 Å². The summed E-state index contributed by atoms with van der Waals surface area (Å²) in [6.45, 7) is 0.972. The zero-order chi connectivity index (χ0) is 14.6. The first-order valence-corrected chi connectivity index (χ1v) is 6.31. The SMILES string of the molecule is CC(=O)[O-].O=C([O-])Cc1c[nH]c2ccc(Br)c(Cl)c12. The van der Waals surface area contributed by atoms with Crippen molar-refractivity contribution in [3.8, 4) is 0 Å². The Balaban J connectivity index is 0.000000399. The van der Waals surface area contributed by atoms with Gasteiger partial charge in [0.1, 0.15) is 0 Å². The number of fused-ring (bicyclic) bond motifs is 1. The molecule has 0 saturated heterocycles. The Morgan fingerprint density at radius 2 is 1.95 bits per heavy atom. The third-order valence-corrected chi connectivity index (χ3v) is 3.43. The fourth-order valence-electron chi connectivity index (χ4n) is 1.52. The van der Waals surface area contributed by atoms with Crippen LogP contribution in [0.3, 0.4) is 0 Å². The number of halogens is 2. The molecule has 0 spiro atoms. The van der Waals surface area contributed by atoms with Crippen LogP contribution in [0.2, 0.25) is 5.02 Å². The highest BCUT2D eigenvalue weighted by molar-refractivity contribution is 9.10. The number of carbonyl (C=O) groups is 2. The molecule has 0 aliphatic carbocycles. The van der Waals surface area contributed by atoms with E-state index in [2.05, 4.69) is 20.9 Å². The molecule has 1 N–H and O–H groups in total. The molecule has 1 heterocycles. The number of hydrogen-bond donors (Lipinski definition) is 1. The standard InChI is InChI=1S/C10H7BrClNO2.C2H4O2/c11-6-1-2-7-9(10(6)12)5(4-13-7)3-8(14)15;1-2(3)4/h1-2,4,13H,3H2,(H,14,15);1H3,(H,3,4)/p-2. The fraction of sp³-hybridized carbons (Fsp3) is 0.167. The largest absolute Gasteiger partial charge is 0.550 e. The highest BCUT2D eigenvalue weighted by Gasteiger charge is 2.10. The van der Waals surface area contributed by atoms with E-state index in [1.54, 1.807) is 6.20 Å². The number of aromatic nitrogens is 1. The van der Waals surface area contributed by atoms with E-state index >= 15 is 0 Å². The summed E-state index contributed by atoms with van der Waals surface area (Å²) in [6, 6.07) is 3.65. The van der Waals surface area contributed by atoms with E-state index in [4.69, 9.17) is 21.5 Å². The van der Waals surface area contributed by atoms with Gasteiger partial charge in [-0.15, -0.1) is 0 Å². The first kappa shape index (κ1) is 15.5. The lowest BCUT2D eigenvalue weighted by Crippen LogP contribution is -2.24. The van der Waals surface area contributed by atoms with Crippen molar-refractivity contribution in [3.63, 3.8) is 0 Å². The average Bonchev–Trinajstić information content (AvgIpc) is 2.66. The molecule has 2 rings (SSSR count). The van der Waals surface area contributed by atoms with Crippen LogP contribution in [0.25, 0.3) is 10.9 Å².